The van der Waals surface area contributed by atoms with Crippen LogP contribution in [0.3, 0.4) is 0 Å². The van der Waals surface area contributed by atoms with Crippen LogP contribution in [0.5, 0.6) is 0 Å². The van der Waals surface area contributed by atoms with Gasteiger partial charge in [-0.1, -0.05) is 23.7 Å². The van der Waals surface area contributed by atoms with Gasteiger partial charge in [0.15, 0.2) is 0 Å². The van der Waals surface area contributed by atoms with E-state index in [9.17, 15) is 4.79 Å². The van der Waals surface area contributed by atoms with Crippen LogP contribution < -0.4 is 11.1 Å². The number of nitrogens with one attached hydrogen (secondary N) is 1. The molecular formula is C19H30ClN3O2. The summed E-state index contributed by atoms with van der Waals surface area (Å²) in [6, 6.07) is 7.99. The molecule has 1 aromatic carbocycles. The number of carbonyl (C=O) groups excluding carboxylic acids is 1. The summed E-state index contributed by atoms with van der Waals surface area (Å²) in [6.07, 6.45) is 1.15. The zero-order valence-electron chi connectivity index (χ0n) is 15.4. The predicted octanol–water partition coefficient (Wildman–Crippen LogP) is 2.74. The van der Waals surface area contributed by atoms with Crippen LogP contribution in [0.4, 0.5) is 0 Å². The topological polar surface area (TPSA) is 67.6 Å². The molecule has 0 aromatic heterocycles. The third kappa shape index (κ3) is 6.59. The summed E-state index contributed by atoms with van der Waals surface area (Å²) < 4.78 is 5.83. The molecule has 140 valence electrons. The lowest BCUT2D eigenvalue weighted by atomic mass is 10.0. The van der Waals surface area contributed by atoms with Gasteiger partial charge in [-0.15, -0.1) is 0 Å². The molecular weight excluding hydrogens is 338 g/mol. The van der Waals surface area contributed by atoms with Gasteiger partial charge in [0, 0.05) is 37.1 Å². The van der Waals surface area contributed by atoms with Gasteiger partial charge in [0.25, 0.3) is 0 Å². The van der Waals surface area contributed by atoms with E-state index in [1.165, 1.54) is 0 Å². The Morgan fingerprint density at radius 2 is 2.08 bits per heavy atom. The fourth-order valence-electron chi connectivity index (χ4n) is 3.12. The van der Waals surface area contributed by atoms with Crippen LogP contribution in [0.25, 0.3) is 0 Å². The first-order valence-corrected chi connectivity index (χ1v) is 9.30. The Balaban J connectivity index is 2.07. The first-order chi connectivity index (χ1) is 11.8. The van der Waals surface area contributed by atoms with Gasteiger partial charge in [0.1, 0.15) is 0 Å². The molecule has 6 heteroatoms. The number of ether oxygens (including phenoxy) is 1. The van der Waals surface area contributed by atoms with Crippen molar-refractivity contribution >= 4 is 17.5 Å². The van der Waals surface area contributed by atoms with Crippen LogP contribution in [0.15, 0.2) is 24.3 Å². The summed E-state index contributed by atoms with van der Waals surface area (Å²) >= 11 is 6.03. The maximum Gasteiger partial charge on any atom is 0.220 e. The predicted molar refractivity (Wildman–Crippen MR) is 102 cm³/mol. The van der Waals surface area contributed by atoms with Crippen LogP contribution in [0.1, 0.15) is 45.2 Å². The summed E-state index contributed by atoms with van der Waals surface area (Å²) in [4.78, 5) is 14.5. The van der Waals surface area contributed by atoms with E-state index in [0.717, 1.165) is 18.7 Å². The fourth-order valence-corrected chi connectivity index (χ4v) is 3.25. The zero-order valence-corrected chi connectivity index (χ0v) is 16.2. The summed E-state index contributed by atoms with van der Waals surface area (Å²) in [6.45, 7) is 9.02. The van der Waals surface area contributed by atoms with Crippen molar-refractivity contribution in [3.8, 4) is 0 Å². The molecule has 2 atom stereocenters. The van der Waals surface area contributed by atoms with E-state index < -0.39 is 0 Å². The molecule has 3 N–H and O–H groups in total. The number of nitrogens with two attached hydrogens (primary N) is 1. The average Bonchev–Trinajstić information content (AvgIpc) is 2.54. The van der Waals surface area contributed by atoms with Gasteiger partial charge in [0.05, 0.1) is 18.2 Å². The molecule has 2 unspecified atom stereocenters. The third-order valence-electron chi connectivity index (χ3n) is 4.47. The highest BCUT2D eigenvalue weighted by molar-refractivity contribution is 6.30. The van der Waals surface area contributed by atoms with Gasteiger partial charge in [-0.05, 0) is 44.9 Å². The highest BCUT2D eigenvalue weighted by atomic mass is 35.5. The molecule has 5 nitrogen and oxygen atoms in total. The molecule has 0 spiro atoms. The molecule has 2 rings (SSSR count). The number of nitrogens with zero attached hydrogens (tertiary/aromatic N) is 1. The van der Waals surface area contributed by atoms with Gasteiger partial charge in [-0.25, -0.2) is 0 Å². The second-order valence-corrected chi connectivity index (χ2v) is 7.90. The number of hydrogen-bond acceptors (Lipinski definition) is 4. The van der Waals surface area contributed by atoms with E-state index in [4.69, 9.17) is 22.1 Å². The lowest BCUT2D eigenvalue weighted by molar-refractivity contribution is -0.122. The minimum absolute atomic E-state index is 0.0397. The molecule has 1 aliphatic rings. The minimum Gasteiger partial charge on any atom is -0.373 e. The molecule has 1 amide bonds. The Morgan fingerprint density at radius 3 is 2.68 bits per heavy atom. The third-order valence-corrected chi connectivity index (χ3v) is 4.72. The average molecular weight is 368 g/mol. The molecule has 1 saturated heterocycles. The quantitative estimate of drug-likeness (QED) is 0.777. The Hall–Kier alpha value is -1.14. The molecule has 0 bridgehead atoms. The highest BCUT2D eigenvalue weighted by Crippen LogP contribution is 2.27. The summed E-state index contributed by atoms with van der Waals surface area (Å²) in [5.74, 6) is 0.0452. The van der Waals surface area contributed by atoms with Crippen molar-refractivity contribution in [2.75, 3.05) is 26.2 Å². The van der Waals surface area contributed by atoms with E-state index >= 15 is 0 Å². The summed E-state index contributed by atoms with van der Waals surface area (Å²) in [5.41, 5.74) is 6.69. The standard InChI is InChI=1S/C19H30ClN3O2/c1-14(21)4-9-18(24)22-12-17(15-5-7-16(20)8-6-15)23-10-11-25-19(2,3)13-23/h5-8,14,17H,4,9-13,21H2,1-3H3,(H,22,24). The van der Waals surface area contributed by atoms with E-state index in [-0.39, 0.29) is 23.6 Å². The minimum atomic E-state index is -0.193. The molecule has 1 aliphatic heterocycles. The van der Waals surface area contributed by atoms with Crippen molar-refractivity contribution in [3.63, 3.8) is 0 Å². The first kappa shape index (κ1) is 20.2. The van der Waals surface area contributed by atoms with Crippen molar-refractivity contribution in [2.24, 2.45) is 5.73 Å². The van der Waals surface area contributed by atoms with E-state index in [1.807, 2.05) is 31.2 Å². The number of benzene rings is 1. The smallest absolute Gasteiger partial charge is 0.220 e. The van der Waals surface area contributed by atoms with Gasteiger partial charge in [-0.3, -0.25) is 9.69 Å². The van der Waals surface area contributed by atoms with Crippen LogP contribution in [-0.4, -0.2) is 48.7 Å². The Kier molecular flexibility index (Phi) is 7.25. The van der Waals surface area contributed by atoms with Crippen molar-refractivity contribution in [2.45, 2.75) is 51.3 Å². The molecule has 1 heterocycles. The molecule has 25 heavy (non-hydrogen) atoms. The largest absolute Gasteiger partial charge is 0.373 e. The lowest BCUT2D eigenvalue weighted by Gasteiger charge is -2.42. The van der Waals surface area contributed by atoms with Crippen molar-refractivity contribution in [1.82, 2.24) is 10.2 Å². The second kappa shape index (κ2) is 8.99. The van der Waals surface area contributed by atoms with Crippen LogP contribution in [0, 0.1) is 0 Å². The SMILES string of the molecule is CC(N)CCC(=O)NCC(c1ccc(Cl)cc1)N1CCOC(C)(C)C1. The van der Waals surface area contributed by atoms with Crippen LogP contribution in [0.2, 0.25) is 5.02 Å². The van der Waals surface area contributed by atoms with Crippen molar-refractivity contribution in [3.05, 3.63) is 34.9 Å². The Bertz CT molecular complexity index is 560. The number of hydrogen-bond donors (Lipinski definition) is 2. The van der Waals surface area contributed by atoms with Crippen molar-refractivity contribution in [1.29, 1.82) is 0 Å². The molecule has 0 aliphatic carbocycles. The maximum atomic E-state index is 12.1. The number of amides is 1. The second-order valence-electron chi connectivity index (χ2n) is 7.47. The summed E-state index contributed by atoms with van der Waals surface area (Å²) in [7, 11) is 0. The van der Waals surface area contributed by atoms with Crippen molar-refractivity contribution < 1.29 is 9.53 Å². The van der Waals surface area contributed by atoms with Gasteiger partial charge in [0.2, 0.25) is 5.91 Å². The molecule has 0 radical (unpaired) electrons. The van der Waals surface area contributed by atoms with Gasteiger partial charge >= 0.3 is 0 Å². The number of halogens is 1. The molecule has 1 fully saturated rings. The monoisotopic (exact) mass is 367 g/mol. The number of morpholine rings is 1. The van der Waals surface area contributed by atoms with Gasteiger partial charge in [-0.2, -0.15) is 0 Å². The Morgan fingerprint density at radius 1 is 1.40 bits per heavy atom. The van der Waals surface area contributed by atoms with E-state index in [0.29, 0.717) is 31.0 Å². The van der Waals surface area contributed by atoms with Crippen LogP contribution >= 0.6 is 11.6 Å². The number of carbonyl (C=O) groups is 1. The van der Waals surface area contributed by atoms with E-state index in [2.05, 4.69) is 24.1 Å². The highest BCUT2D eigenvalue weighted by Gasteiger charge is 2.32. The summed E-state index contributed by atoms with van der Waals surface area (Å²) in [5, 5.41) is 3.78. The number of rotatable bonds is 7. The molecule has 0 saturated carbocycles. The zero-order chi connectivity index (χ0) is 18.4. The molecule has 1 aromatic rings. The van der Waals surface area contributed by atoms with Crippen LogP contribution in [-0.2, 0) is 9.53 Å². The first-order valence-electron chi connectivity index (χ1n) is 8.92. The Labute approximate surface area is 155 Å². The van der Waals surface area contributed by atoms with Gasteiger partial charge < -0.3 is 15.8 Å². The fraction of sp³-hybridized carbons (Fsp3) is 0.632. The van der Waals surface area contributed by atoms with E-state index in [1.54, 1.807) is 0 Å². The maximum absolute atomic E-state index is 12.1. The normalized spacial score (nSPS) is 20.0. The lowest BCUT2D eigenvalue weighted by Crippen LogP contribution is -2.51.